The van der Waals surface area contributed by atoms with E-state index >= 15 is 0 Å². The number of likely N-dealkylation sites (tertiary alicyclic amines) is 1. The van der Waals surface area contributed by atoms with E-state index in [1.54, 1.807) is 21.6 Å². The molecule has 6 nitrogen and oxygen atoms in total. The first kappa shape index (κ1) is 14.8. The Kier molecular flexibility index (Phi) is 4.02. The number of hydrogen-bond donors (Lipinski definition) is 1. The Morgan fingerprint density at radius 3 is 2.68 bits per heavy atom. The van der Waals surface area contributed by atoms with Gasteiger partial charge in [0.2, 0.25) is 0 Å². The number of piperidine rings is 1. The maximum absolute atomic E-state index is 12.5. The fourth-order valence-corrected chi connectivity index (χ4v) is 3.14. The molecular formula is C15H17ClN4O2. The number of aryl methyl sites for hydroxylation is 1. The van der Waals surface area contributed by atoms with Gasteiger partial charge in [-0.2, -0.15) is 5.10 Å². The predicted molar refractivity (Wildman–Crippen MR) is 83.2 cm³/mol. The van der Waals surface area contributed by atoms with Gasteiger partial charge in [-0.05, 0) is 37.5 Å². The quantitative estimate of drug-likeness (QED) is 0.920. The number of hydrogen-bond acceptors (Lipinski definition) is 3. The second-order valence-corrected chi connectivity index (χ2v) is 5.98. The Bertz CT molecular complexity index is 744. The predicted octanol–water partition coefficient (Wildman–Crippen LogP) is 2.01. The topological polar surface area (TPSA) is 71.0 Å². The summed E-state index contributed by atoms with van der Waals surface area (Å²) in [6, 6.07) is 5.54. The number of amides is 1. The molecule has 1 fully saturated rings. The van der Waals surface area contributed by atoms with E-state index < -0.39 is 0 Å². The van der Waals surface area contributed by atoms with Gasteiger partial charge in [-0.3, -0.25) is 9.36 Å². The summed E-state index contributed by atoms with van der Waals surface area (Å²) in [4.78, 5) is 25.9. The van der Waals surface area contributed by atoms with Crippen molar-refractivity contribution < 1.29 is 4.79 Å². The molecule has 2 heterocycles. The summed E-state index contributed by atoms with van der Waals surface area (Å²) < 4.78 is 1.60. The average molecular weight is 321 g/mol. The highest BCUT2D eigenvalue weighted by atomic mass is 35.5. The number of carbonyl (C=O) groups excluding carboxylic acids is 1. The molecule has 0 bridgehead atoms. The van der Waals surface area contributed by atoms with Gasteiger partial charge in [0.25, 0.3) is 5.91 Å². The maximum Gasteiger partial charge on any atom is 0.343 e. The molecule has 0 radical (unpaired) electrons. The number of halogens is 1. The van der Waals surface area contributed by atoms with Crippen LogP contribution in [0.5, 0.6) is 0 Å². The normalized spacial score (nSPS) is 16.0. The van der Waals surface area contributed by atoms with Crippen LogP contribution in [0.25, 0.3) is 0 Å². The average Bonchev–Trinajstić information content (AvgIpc) is 2.93. The Morgan fingerprint density at radius 1 is 1.36 bits per heavy atom. The van der Waals surface area contributed by atoms with Gasteiger partial charge in [0.1, 0.15) is 6.33 Å². The largest absolute Gasteiger partial charge is 0.343 e. The van der Waals surface area contributed by atoms with Gasteiger partial charge >= 0.3 is 5.69 Å². The van der Waals surface area contributed by atoms with Crippen molar-refractivity contribution in [3.05, 3.63) is 51.2 Å². The molecule has 22 heavy (non-hydrogen) atoms. The van der Waals surface area contributed by atoms with Gasteiger partial charge in [-0.15, -0.1) is 0 Å². The summed E-state index contributed by atoms with van der Waals surface area (Å²) in [7, 11) is 0. The first-order chi connectivity index (χ1) is 10.6. The number of H-pyrrole nitrogens is 1. The van der Waals surface area contributed by atoms with Gasteiger partial charge in [-0.25, -0.2) is 9.89 Å². The Balaban J connectivity index is 1.70. The van der Waals surface area contributed by atoms with Gasteiger partial charge in [-0.1, -0.05) is 17.7 Å². The summed E-state index contributed by atoms with van der Waals surface area (Å²) >= 11 is 6.17. The molecule has 0 aliphatic carbocycles. The third-order valence-electron chi connectivity index (χ3n) is 4.08. The van der Waals surface area contributed by atoms with E-state index in [-0.39, 0.29) is 17.6 Å². The highest BCUT2D eigenvalue weighted by Crippen LogP contribution is 2.24. The van der Waals surface area contributed by atoms with Crippen molar-refractivity contribution in [2.24, 2.45) is 0 Å². The van der Waals surface area contributed by atoms with Gasteiger partial charge in [0.15, 0.2) is 0 Å². The highest BCUT2D eigenvalue weighted by molar-refractivity contribution is 6.33. The minimum Gasteiger partial charge on any atom is -0.338 e. The molecule has 7 heteroatoms. The fourth-order valence-electron chi connectivity index (χ4n) is 2.83. The summed E-state index contributed by atoms with van der Waals surface area (Å²) in [5, 5.41) is 6.63. The van der Waals surface area contributed by atoms with Crippen molar-refractivity contribution in [3.8, 4) is 0 Å². The van der Waals surface area contributed by atoms with Crippen LogP contribution in [0, 0.1) is 6.92 Å². The SMILES string of the molecule is Cc1ccc(C(=O)N2CCC(n3cn[nH]c3=O)CC2)c(Cl)c1. The summed E-state index contributed by atoms with van der Waals surface area (Å²) in [5.74, 6) is -0.0528. The number of rotatable bonds is 2. The molecule has 116 valence electrons. The van der Waals surface area contributed by atoms with Crippen LogP contribution in [0.1, 0.15) is 34.8 Å². The zero-order valence-electron chi connectivity index (χ0n) is 12.3. The molecule has 1 aromatic carbocycles. The molecule has 0 spiro atoms. The molecule has 0 saturated carbocycles. The van der Waals surface area contributed by atoms with E-state index in [2.05, 4.69) is 10.2 Å². The van der Waals surface area contributed by atoms with E-state index in [0.717, 1.165) is 18.4 Å². The molecule has 1 N–H and O–H groups in total. The summed E-state index contributed by atoms with van der Waals surface area (Å²) in [6.07, 6.45) is 2.98. The zero-order valence-corrected chi connectivity index (χ0v) is 13.0. The number of aromatic amines is 1. The minimum absolute atomic E-state index is 0.0528. The van der Waals surface area contributed by atoms with E-state index in [0.29, 0.717) is 23.7 Å². The van der Waals surface area contributed by atoms with Crippen molar-refractivity contribution in [2.45, 2.75) is 25.8 Å². The van der Waals surface area contributed by atoms with Crippen LogP contribution in [-0.4, -0.2) is 38.7 Å². The van der Waals surface area contributed by atoms with Crippen LogP contribution in [0.3, 0.4) is 0 Å². The van der Waals surface area contributed by atoms with Crippen molar-refractivity contribution >= 4 is 17.5 Å². The zero-order chi connectivity index (χ0) is 15.7. The number of benzene rings is 1. The summed E-state index contributed by atoms with van der Waals surface area (Å²) in [6.45, 7) is 3.14. The first-order valence-corrected chi connectivity index (χ1v) is 7.61. The molecule has 1 amide bonds. The van der Waals surface area contributed by atoms with Gasteiger partial charge < -0.3 is 4.90 Å². The number of nitrogens with one attached hydrogen (secondary N) is 1. The molecule has 1 saturated heterocycles. The van der Waals surface area contributed by atoms with Crippen LogP contribution in [0.15, 0.2) is 29.3 Å². The Labute approximate surface area is 132 Å². The fraction of sp³-hybridized carbons (Fsp3) is 0.400. The third-order valence-corrected chi connectivity index (χ3v) is 4.39. The Hall–Kier alpha value is -2.08. The standard InChI is InChI=1S/C15H17ClN4O2/c1-10-2-3-12(13(16)8-10)14(21)19-6-4-11(5-7-19)20-9-17-18-15(20)22/h2-3,8-9,11H,4-7H2,1H3,(H,18,22). The van der Waals surface area contributed by atoms with Crippen LogP contribution in [-0.2, 0) is 0 Å². The smallest absolute Gasteiger partial charge is 0.338 e. The summed E-state index contributed by atoms with van der Waals surface area (Å²) in [5.41, 5.74) is 1.36. The molecule has 1 aliphatic rings. The van der Waals surface area contributed by atoms with Crippen LogP contribution < -0.4 is 5.69 Å². The van der Waals surface area contributed by atoms with Gasteiger partial charge in [0.05, 0.1) is 10.6 Å². The van der Waals surface area contributed by atoms with Crippen LogP contribution in [0.2, 0.25) is 5.02 Å². The lowest BCUT2D eigenvalue weighted by Crippen LogP contribution is -2.40. The maximum atomic E-state index is 12.5. The van der Waals surface area contributed by atoms with E-state index in [4.69, 9.17) is 11.6 Å². The monoisotopic (exact) mass is 320 g/mol. The van der Waals surface area contributed by atoms with Crippen molar-refractivity contribution in [3.63, 3.8) is 0 Å². The molecule has 0 atom stereocenters. The number of carbonyl (C=O) groups is 1. The first-order valence-electron chi connectivity index (χ1n) is 7.23. The molecule has 3 rings (SSSR count). The highest BCUT2D eigenvalue weighted by Gasteiger charge is 2.26. The lowest BCUT2D eigenvalue weighted by Gasteiger charge is -2.32. The van der Waals surface area contributed by atoms with Crippen molar-refractivity contribution in [1.82, 2.24) is 19.7 Å². The number of aromatic nitrogens is 3. The van der Waals surface area contributed by atoms with Crippen LogP contribution >= 0.6 is 11.6 Å². The second-order valence-electron chi connectivity index (χ2n) is 5.58. The third kappa shape index (κ3) is 2.78. The molecule has 1 aliphatic heterocycles. The lowest BCUT2D eigenvalue weighted by molar-refractivity contribution is 0.0693. The minimum atomic E-state index is -0.202. The van der Waals surface area contributed by atoms with Crippen LogP contribution in [0.4, 0.5) is 0 Å². The molecule has 0 unspecified atom stereocenters. The van der Waals surface area contributed by atoms with Gasteiger partial charge in [0, 0.05) is 19.1 Å². The van der Waals surface area contributed by atoms with Crippen molar-refractivity contribution in [2.75, 3.05) is 13.1 Å². The van der Waals surface area contributed by atoms with Crippen molar-refractivity contribution in [1.29, 1.82) is 0 Å². The molecule has 2 aromatic rings. The lowest BCUT2D eigenvalue weighted by atomic mass is 10.0. The van der Waals surface area contributed by atoms with E-state index in [9.17, 15) is 9.59 Å². The Morgan fingerprint density at radius 2 is 2.09 bits per heavy atom. The second kappa shape index (κ2) is 5.96. The van der Waals surface area contributed by atoms with E-state index in [1.165, 1.54) is 6.33 Å². The molecular weight excluding hydrogens is 304 g/mol. The number of nitrogens with zero attached hydrogens (tertiary/aromatic N) is 3. The van der Waals surface area contributed by atoms with E-state index in [1.807, 2.05) is 13.0 Å². The molecule has 1 aromatic heterocycles.